The summed E-state index contributed by atoms with van der Waals surface area (Å²) in [5, 5.41) is 3.63. The van der Waals surface area contributed by atoms with Crippen LogP contribution in [0.3, 0.4) is 0 Å². The van der Waals surface area contributed by atoms with Gasteiger partial charge in [-0.2, -0.15) is 4.98 Å². The molecule has 2 aliphatic heterocycles. The van der Waals surface area contributed by atoms with E-state index in [1.807, 2.05) is 0 Å². The van der Waals surface area contributed by atoms with Crippen molar-refractivity contribution in [2.24, 2.45) is 23.7 Å². The number of rotatable bonds is 7. The van der Waals surface area contributed by atoms with E-state index in [9.17, 15) is 32.4 Å². The van der Waals surface area contributed by atoms with E-state index in [1.165, 1.54) is 15.5 Å². The maximum Gasteiger partial charge on any atom is 0.306 e. The number of hydrogen-bond donors (Lipinski definition) is 2. The summed E-state index contributed by atoms with van der Waals surface area (Å²) in [4.78, 5) is 77.2. The lowest BCUT2D eigenvalue weighted by atomic mass is 9.86. The first-order valence-corrected chi connectivity index (χ1v) is 23.0. The molecule has 8 rings (SSSR count). The number of nitrogens with one attached hydrogen (secondary N) is 2. The minimum Gasteiger partial charge on any atom is -0.462 e. The third kappa shape index (κ3) is 7.89. The molecule has 5 fully saturated rings. The van der Waals surface area contributed by atoms with Crippen molar-refractivity contribution in [3.05, 3.63) is 46.2 Å². The summed E-state index contributed by atoms with van der Waals surface area (Å²) in [5.74, 6) is -3.45. The Labute approximate surface area is 343 Å². The third-order valence-corrected chi connectivity index (χ3v) is 16.3. The van der Waals surface area contributed by atoms with Crippen molar-refractivity contribution in [2.45, 2.75) is 145 Å². The maximum absolute atomic E-state index is 14.9. The number of fused-ring (bicyclic) bond motifs is 5. The summed E-state index contributed by atoms with van der Waals surface area (Å²) in [6, 6.07) is 3.78. The number of halogens is 1. The van der Waals surface area contributed by atoms with Gasteiger partial charge in [0.25, 0.3) is 17.5 Å². The molecular weight excluding hydrogens is 786 g/mol. The SMILES string of the molecule is C=C[C@@H]1C[C@]1(NC(=O)[C@@H]1C[C@@H]2CN1C(=O)[C@H](C1CCCC1)CC(=O)O[C@@H]1CCC[C@H]1CCCCCn1c(nc3cc(Cl)ccc3c1=O)O2)C(=O)NS(=O)(=O)C1(C)CC1. The van der Waals surface area contributed by atoms with E-state index in [1.54, 1.807) is 25.1 Å². The monoisotopic (exact) mass is 839 g/mol. The third-order valence-electron chi connectivity index (χ3n) is 13.9. The van der Waals surface area contributed by atoms with Crippen molar-refractivity contribution in [3.63, 3.8) is 0 Å². The van der Waals surface area contributed by atoms with Gasteiger partial charge in [0.1, 0.15) is 23.8 Å². The van der Waals surface area contributed by atoms with Gasteiger partial charge in [0, 0.05) is 23.9 Å². The van der Waals surface area contributed by atoms with Gasteiger partial charge < -0.3 is 19.7 Å². The van der Waals surface area contributed by atoms with E-state index >= 15 is 0 Å². The molecule has 7 atom stereocenters. The molecule has 4 saturated carbocycles. The lowest BCUT2D eigenvalue weighted by Crippen LogP contribution is -2.57. The van der Waals surface area contributed by atoms with Gasteiger partial charge in [-0.15, -0.1) is 6.58 Å². The minimum absolute atomic E-state index is 0.0144. The molecule has 2 N–H and O–H groups in total. The van der Waals surface area contributed by atoms with Gasteiger partial charge in [-0.1, -0.05) is 43.4 Å². The molecule has 4 aliphatic carbocycles. The molecule has 3 heterocycles. The molecule has 0 unspecified atom stereocenters. The molecule has 16 heteroatoms. The van der Waals surface area contributed by atoms with Crippen molar-refractivity contribution < 1.29 is 37.1 Å². The number of carbonyl (C=O) groups is 4. The van der Waals surface area contributed by atoms with Crippen LogP contribution in [0.5, 0.6) is 6.01 Å². The van der Waals surface area contributed by atoms with E-state index in [-0.39, 0.29) is 61.2 Å². The summed E-state index contributed by atoms with van der Waals surface area (Å²) in [6.07, 6.45) is 10.7. The summed E-state index contributed by atoms with van der Waals surface area (Å²) in [7, 11) is -4.01. The highest BCUT2D eigenvalue weighted by Crippen LogP contribution is 2.47. The highest BCUT2D eigenvalue weighted by molar-refractivity contribution is 7.91. The predicted molar refractivity (Wildman–Crippen MR) is 215 cm³/mol. The Morgan fingerprint density at radius 3 is 2.43 bits per heavy atom. The van der Waals surface area contributed by atoms with Crippen LogP contribution in [0.4, 0.5) is 0 Å². The lowest BCUT2D eigenvalue weighted by Gasteiger charge is -2.32. The number of sulfonamides is 1. The summed E-state index contributed by atoms with van der Waals surface area (Å²) in [5.41, 5.74) is -1.52. The molecule has 2 aromatic rings. The quantitative estimate of drug-likeness (QED) is 0.286. The van der Waals surface area contributed by atoms with Crippen LogP contribution in [-0.4, -0.2) is 81.6 Å². The van der Waals surface area contributed by atoms with Gasteiger partial charge in [0.15, 0.2) is 0 Å². The molecule has 314 valence electrons. The fourth-order valence-corrected chi connectivity index (χ4v) is 11.3. The number of carbonyl (C=O) groups excluding carboxylic acids is 4. The Balaban J connectivity index is 1.14. The highest BCUT2D eigenvalue weighted by atomic mass is 35.5. The van der Waals surface area contributed by atoms with Gasteiger partial charge in [-0.3, -0.25) is 33.3 Å². The fourth-order valence-electron chi connectivity index (χ4n) is 9.87. The number of aromatic nitrogens is 2. The number of benzene rings is 1. The van der Waals surface area contributed by atoms with Crippen LogP contribution in [-0.2, 0) is 40.5 Å². The van der Waals surface area contributed by atoms with E-state index < -0.39 is 62.1 Å². The molecule has 1 saturated heterocycles. The number of ether oxygens (including phenoxy) is 2. The van der Waals surface area contributed by atoms with E-state index in [0.717, 1.165) is 64.2 Å². The van der Waals surface area contributed by atoms with Crippen molar-refractivity contribution in [2.75, 3.05) is 6.54 Å². The van der Waals surface area contributed by atoms with Crippen molar-refractivity contribution >= 4 is 56.2 Å². The average molecular weight is 840 g/mol. The van der Waals surface area contributed by atoms with Gasteiger partial charge in [-0.25, -0.2) is 8.42 Å². The molecule has 14 nitrogen and oxygen atoms in total. The maximum atomic E-state index is 14.9. The van der Waals surface area contributed by atoms with E-state index in [4.69, 9.17) is 26.1 Å². The Hall–Kier alpha value is -3.98. The number of esters is 1. The molecular formula is C42H54ClN5O9S. The molecule has 58 heavy (non-hydrogen) atoms. The van der Waals surface area contributed by atoms with Crippen molar-refractivity contribution in [1.82, 2.24) is 24.5 Å². The first-order valence-electron chi connectivity index (χ1n) is 21.1. The van der Waals surface area contributed by atoms with Gasteiger partial charge in [-0.05, 0) is 101 Å². The van der Waals surface area contributed by atoms with Gasteiger partial charge >= 0.3 is 5.97 Å². The Kier molecular flexibility index (Phi) is 11.2. The van der Waals surface area contributed by atoms with Crippen molar-refractivity contribution in [1.29, 1.82) is 0 Å². The second kappa shape index (κ2) is 15.9. The smallest absolute Gasteiger partial charge is 0.306 e. The molecule has 1 aromatic heterocycles. The topological polar surface area (TPSA) is 183 Å². The number of nitrogens with zero attached hydrogens (tertiary/aromatic N) is 3. The van der Waals surface area contributed by atoms with E-state index in [0.29, 0.717) is 41.7 Å². The molecule has 3 amide bonds. The standard InChI is InChI=1S/C42H54ClN5O9S/c1-3-27-23-42(27,39(53)46-58(54,55)41(2)17-18-41)45-36(50)33-21-29-24-48(33)38(52)31(25-10-6-7-11-25)22-35(49)57-34-14-9-13-26(34)12-5-4-8-19-47-37(51)30-16-15-28(43)20-32(30)44-40(47)56-29/h3,15-16,20,25-27,29,31,33-34H,1,4-14,17-19,21-24H2,2H3,(H,45,50)(H,46,53)/t26-,27-,29-,31+,33+,34-,42-/m1/s1. The zero-order chi connectivity index (χ0) is 41.0. The van der Waals surface area contributed by atoms with Crippen LogP contribution in [0, 0.1) is 23.7 Å². The molecule has 0 spiro atoms. The van der Waals surface area contributed by atoms with Gasteiger partial charge in [0.2, 0.25) is 21.8 Å². The van der Waals surface area contributed by atoms with Crippen LogP contribution in [0.15, 0.2) is 35.6 Å². The normalized spacial score (nSPS) is 31.6. The first-order chi connectivity index (χ1) is 27.7. The van der Waals surface area contributed by atoms with Crippen LogP contribution >= 0.6 is 11.6 Å². The fraction of sp³-hybridized carbons (Fsp3) is 0.667. The second-order valence-electron chi connectivity index (χ2n) is 17.8. The predicted octanol–water partition coefficient (Wildman–Crippen LogP) is 4.94. The average Bonchev–Trinajstić information content (AvgIpc) is 3.80. The summed E-state index contributed by atoms with van der Waals surface area (Å²) >= 11 is 6.32. The zero-order valence-corrected chi connectivity index (χ0v) is 34.7. The largest absolute Gasteiger partial charge is 0.462 e. The lowest BCUT2D eigenvalue weighted by molar-refractivity contribution is -0.156. The first kappa shape index (κ1) is 40.8. The Morgan fingerprint density at radius 2 is 1.71 bits per heavy atom. The number of amides is 3. The Bertz CT molecular complexity index is 2170. The minimum atomic E-state index is -4.01. The second-order valence-corrected chi connectivity index (χ2v) is 20.4. The summed E-state index contributed by atoms with van der Waals surface area (Å²) < 4.78 is 41.6. The van der Waals surface area contributed by atoms with Crippen LogP contribution in [0.1, 0.15) is 110 Å². The molecule has 1 aromatic carbocycles. The zero-order valence-electron chi connectivity index (χ0n) is 33.1. The Morgan fingerprint density at radius 1 is 0.983 bits per heavy atom. The van der Waals surface area contributed by atoms with Crippen molar-refractivity contribution in [3.8, 4) is 6.01 Å². The molecule has 0 radical (unpaired) electrons. The number of hydrogen-bond acceptors (Lipinski definition) is 10. The van der Waals surface area contributed by atoms with Crippen LogP contribution < -0.4 is 20.3 Å². The van der Waals surface area contributed by atoms with Gasteiger partial charge in [0.05, 0.1) is 34.5 Å². The van der Waals surface area contributed by atoms with Crippen LogP contribution in [0.2, 0.25) is 5.02 Å². The highest BCUT2D eigenvalue weighted by Gasteiger charge is 2.63. The molecule has 2 bridgehead atoms. The van der Waals surface area contributed by atoms with E-state index in [2.05, 4.69) is 16.6 Å². The van der Waals surface area contributed by atoms with Crippen LogP contribution in [0.25, 0.3) is 10.9 Å². The molecule has 6 aliphatic rings. The summed E-state index contributed by atoms with van der Waals surface area (Å²) in [6.45, 7) is 5.66.